The van der Waals surface area contributed by atoms with Gasteiger partial charge in [0.25, 0.3) is 5.91 Å². The molecule has 2 aliphatic rings. The van der Waals surface area contributed by atoms with E-state index >= 15 is 0 Å². The van der Waals surface area contributed by atoms with E-state index < -0.39 is 10.0 Å². The summed E-state index contributed by atoms with van der Waals surface area (Å²) in [5.74, 6) is 0.739. The number of primary sulfonamides is 1. The summed E-state index contributed by atoms with van der Waals surface area (Å²) in [5.41, 5.74) is 3.18. The number of amides is 1. The molecule has 0 aliphatic heterocycles. The molecule has 2 aromatic carbocycles. The van der Waals surface area contributed by atoms with Gasteiger partial charge < -0.3 is 5.32 Å². The number of sulfonamides is 1. The van der Waals surface area contributed by atoms with Gasteiger partial charge >= 0.3 is 0 Å². The Hall–Kier alpha value is -2.18. The predicted octanol–water partition coefficient (Wildman–Crippen LogP) is 1.79. The van der Waals surface area contributed by atoms with E-state index in [1.54, 1.807) is 0 Å². The number of carbonyl (C=O) groups excluding carboxylic acids is 1. The van der Waals surface area contributed by atoms with Gasteiger partial charge in [-0.05, 0) is 54.2 Å². The highest BCUT2D eigenvalue weighted by Crippen LogP contribution is 2.54. The molecule has 0 saturated heterocycles. The fraction of sp³-hybridized carbons (Fsp3) is 0.278. The second-order valence-electron chi connectivity index (χ2n) is 6.50. The zero-order valence-corrected chi connectivity index (χ0v) is 13.8. The number of fused-ring (bicyclic) bond motifs is 3. The van der Waals surface area contributed by atoms with Crippen LogP contribution in [0.5, 0.6) is 0 Å². The number of carbonyl (C=O) groups is 1. The molecule has 2 aliphatic carbocycles. The van der Waals surface area contributed by atoms with Gasteiger partial charge in [-0.15, -0.1) is 0 Å². The molecule has 0 aromatic heterocycles. The van der Waals surface area contributed by atoms with Crippen LogP contribution in [0.2, 0.25) is 0 Å². The van der Waals surface area contributed by atoms with E-state index in [4.69, 9.17) is 5.14 Å². The minimum atomic E-state index is -3.74. The summed E-state index contributed by atoms with van der Waals surface area (Å²) in [6.45, 7) is 0. The summed E-state index contributed by atoms with van der Waals surface area (Å²) >= 11 is 0. The number of nitrogens with two attached hydrogens (primary N) is 1. The molecular formula is C18H18N2O3S. The van der Waals surface area contributed by atoms with Gasteiger partial charge in [-0.3, -0.25) is 4.79 Å². The molecule has 1 saturated carbocycles. The molecule has 1 amide bonds. The SMILES string of the molecule is NS(=O)(=O)c1ccc(C(=O)N[C@@H]2[C@@H]3CCc4ccccc4[C@@H]32)cc1. The van der Waals surface area contributed by atoms with Crippen LogP contribution in [0.15, 0.2) is 53.4 Å². The highest BCUT2D eigenvalue weighted by Gasteiger charge is 2.53. The van der Waals surface area contributed by atoms with Gasteiger partial charge in [0.15, 0.2) is 0 Å². The Balaban J connectivity index is 1.49. The molecule has 0 bridgehead atoms. The van der Waals surface area contributed by atoms with Gasteiger partial charge in [0.05, 0.1) is 4.90 Å². The third-order valence-electron chi connectivity index (χ3n) is 5.07. The lowest BCUT2D eigenvalue weighted by molar-refractivity contribution is 0.0948. The fourth-order valence-electron chi connectivity index (χ4n) is 3.79. The zero-order valence-electron chi connectivity index (χ0n) is 13.0. The standard InChI is InChI=1S/C18H18N2O3S/c19-24(22,23)13-8-5-12(6-9-13)18(21)20-17-15-10-7-11-3-1-2-4-14(11)16(15)17/h1-6,8-9,15-17H,7,10H2,(H,20,21)(H2,19,22,23)/t15-,16+,17-/m1/s1. The second kappa shape index (κ2) is 5.43. The predicted molar refractivity (Wildman–Crippen MR) is 90.1 cm³/mol. The van der Waals surface area contributed by atoms with Crippen molar-refractivity contribution < 1.29 is 13.2 Å². The molecule has 124 valence electrons. The Bertz CT molecular complexity index is 906. The van der Waals surface area contributed by atoms with Crippen LogP contribution in [0, 0.1) is 5.92 Å². The number of hydrogen-bond acceptors (Lipinski definition) is 3. The average molecular weight is 342 g/mol. The van der Waals surface area contributed by atoms with E-state index in [1.165, 1.54) is 35.4 Å². The first-order chi connectivity index (χ1) is 11.4. The normalized spacial score (nSPS) is 24.6. The Morgan fingerprint density at radius 1 is 1.08 bits per heavy atom. The molecule has 3 N–H and O–H groups in total. The summed E-state index contributed by atoms with van der Waals surface area (Å²) in [7, 11) is -3.74. The lowest BCUT2D eigenvalue weighted by Crippen LogP contribution is -2.27. The van der Waals surface area contributed by atoms with E-state index in [0.717, 1.165) is 12.8 Å². The van der Waals surface area contributed by atoms with Crippen LogP contribution < -0.4 is 10.5 Å². The summed E-state index contributed by atoms with van der Waals surface area (Å²) in [6.07, 6.45) is 2.16. The first-order valence-corrected chi connectivity index (χ1v) is 9.51. The van der Waals surface area contributed by atoms with Crippen LogP contribution in [0.25, 0.3) is 0 Å². The molecule has 0 spiro atoms. The van der Waals surface area contributed by atoms with Crippen molar-refractivity contribution in [3.63, 3.8) is 0 Å². The third kappa shape index (κ3) is 2.61. The van der Waals surface area contributed by atoms with Crippen LogP contribution in [0.1, 0.15) is 33.8 Å². The third-order valence-corrected chi connectivity index (χ3v) is 6.00. The first kappa shape index (κ1) is 15.4. The van der Waals surface area contributed by atoms with Gasteiger partial charge in [0, 0.05) is 17.5 Å². The molecule has 0 heterocycles. The van der Waals surface area contributed by atoms with Gasteiger partial charge in [-0.2, -0.15) is 0 Å². The smallest absolute Gasteiger partial charge is 0.251 e. The molecule has 4 rings (SSSR count). The van der Waals surface area contributed by atoms with E-state index in [0.29, 0.717) is 17.4 Å². The van der Waals surface area contributed by atoms with Crippen LogP contribution >= 0.6 is 0 Å². The Morgan fingerprint density at radius 3 is 2.50 bits per heavy atom. The Labute approximate surface area is 140 Å². The molecule has 0 unspecified atom stereocenters. The maximum Gasteiger partial charge on any atom is 0.251 e. The molecule has 1 fully saturated rings. The molecule has 5 nitrogen and oxygen atoms in total. The van der Waals surface area contributed by atoms with Crippen molar-refractivity contribution in [1.29, 1.82) is 0 Å². The van der Waals surface area contributed by atoms with Crippen LogP contribution in [-0.4, -0.2) is 20.4 Å². The summed E-state index contributed by atoms with van der Waals surface area (Å²) in [6, 6.07) is 14.3. The minimum absolute atomic E-state index is 0.00747. The first-order valence-electron chi connectivity index (χ1n) is 7.97. The fourth-order valence-corrected chi connectivity index (χ4v) is 4.31. The van der Waals surface area contributed by atoms with Crippen molar-refractivity contribution in [3.8, 4) is 0 Å². The largest absolute Gasteiger partial charge is 0.348 e. The maximum absolute atomic E-state index is 12.4. The number of benzene rings is 2. The Kier molecular flexibility index (Phi) is 3.47. The van der Waals surface area contributed by atoms with Crippen molar-refractivity contribution in [2.24, 2.45) is 11.1 Å². The van der Waals surface area contributed by atoms with Crippen LogP contribution in [0.3, 0.4) is 0 Å². The van der Waals surface area contributed by atoms with Gasteiger partial charge in [0.1, 0.15) is 0 Å². The summed E-state index contributed by atoms with van der Waals surface area (Å²) < 4.78 is 22.5. The summed E-state index contributed by atoms with van der Waals surface area (Å²) in [4.78, 5) is 12.4. The maximum atomic E-state index is 12.4. The van der Waals surface area contributed by atoms with Crippen molar-refractivity contribution >= 4 is 15.9 Å². The molecule has 2 aromatic rings. The lowest BCUT2D eigenvalue weighted by Gasteiger charge is -2.13. The molecular weight excluding hydrogens is 324 g/mol. The number of hydrogen-bond donors (Lipinski definition) is 2. The van der Waals surface area contributed by atoms with E-state index in [9.17, 15) is 13.2 Å². The van der Waals surface area contributed by atoms with E-state index in [2.05, 4.69) is 23.5 Å². The molecule has 24 heavy (non-hydrogen) atoms. The lowest BCUT2D eigenvalue weighted by atomic mass is 9.92. The highest BCUT2D eigenvalue weighted by molar-refractivity contribution is 7.89. The number of aryl methyl sites for hydroxylation is 1. The van der Waals surface area contributed by atoms with Crippen LogP contribution in [0.4, 0.5) is 0 Å². The Morgan fingerprint density at radius 2 is 1.79 bits per heavy atom. The van der Waals surface area contributed by atoms with Crippen molar-refractivity contribution in [3.05, 3.63) is 65.2 Å². The highest BCUT2D eigenvalue weighted by atomic mass is 32.2. The molecule has 6 heteroatoms. The summed E-state index contributed by atoms with van der Waals surface area (Å²) in [5, 5.41) is 8.16. The monoisotopic (exact) mass is 342 g/mol. The molecule has 3 atom stereocenters. The second-order valence-corrected chi connectivity index (χ2v) is 8.06. The van der Waals surface area contributed by atoms with Crippen LogP contribution in [-0.2, 0) is 16.4 Å². The van der Waals surface area contributed by atoms with E-state index in [-0.39, 0.29) is 16.8 Å². The number of nitrogens with one attached hydrogen (secondary N) is 1. The van der Waals surface area contributed by atoms with Crippen molar-refractivity contribution in [2.75, 3.05) is 0 Å². The topological polar surface area (TPSA) is 89.3 Å². The van der Waals surface area contributed by atoms with Gasteiger partial charge in [-0.25, -0.2) is 13.6 Å². The van der Waals surface area contributed by atoms with E-state index in [1.807, 2.05) is 6.07 Å². The minimum Gasteiger partial charge on any atom is -0.348 e. The van der Waals surface area contributed by atoms with Gasteiger partial charge in [-0.1, -0.05) is 24.3 Å². The number of rotatable bonds is 3. The average Bonchev–Trinajstić information content (AvgIpc) is 3.27. The van der Waals surface area contributed by atoms with Gasteiger partial charge in [0.2, 0.25) is 10.0 Å². The molecule has 0 radical (unpaired) electrons. The van der Waals surface area contributed by atoms with Crippen molar-refractivity contribution in [2.45, 2.75) is 29.7 Å². The van der Waals surface area contributed by atoms with Crippen molar-refractivity contribution in [1.82, 2.24) is 5.32 Å². The quantitative estimate of drug-likeness (QED) is 0.891. The zero-order chi connectivity index (χ0) is 16.9.